The number of nitrogens with zero attached hydrogens (tertiary/aromatic N) is 4. The van der Waals surface area contributed by atoms with Crippen molar-refractivity contribution in [1.82, 2.24) is 10.1 Å². The number of nitrogens with one attached hydrogen (secondary N) is 1. The molecule has 0 spiro atoms. The van der Waals surface area contributed by atoms with E-state index < -0.39 is 5.82 Å². The van der Waals surface area contributed by atoms with E-state index in [1.807, 2.05) is 19.1 Å². The van der Waals surface area contributed by atoms with Gasteiger partial charge in [0.05, 0.1) is 0 Å². The van der Waals surface area contributed by atoms with Crippen molar-refractivity contribution in [3.63, 3.8) is 0 Å². The number of hydrogen-bond donors (Lipinski definition) is 2. The number of carbonyl (C=O) groups excluding carboxylic acids is 1. The molecule has 2 heterocycles. The fourth-order valence-corrected chi connectivity index (χ4v) is 4.05. The van der Waals surface area contributed by atoms with Crippen molar-refractivity contribution in [2.75, 3.05) is 50.0 Å². The normalized spacial score (nSPS) is 15.2. The van der Waals surface area contributed by atoms with Crippen LogP contribution in [0.25, 0.3) is 11.3 Å². The lowest BCUT2D eigenvalue weighted by Gasteiger charge is -2.34. The maximum absolute atomic E-state index is 14.4. The number of rotatable bonds is 6. The van der Waals surface area contributed by atoms with E-state index in [0.717, 1.165) is 37.3 Å². The van der Waals surface area contributed by atoms with Gasteiger partial charge in [-0.25, -0.2) is 4.39 Å². The summed E-state index contributed by atoms with van der Waals surface area (Å²) in [7, 11) is 2.06. The smallest absolute Gasteiger partial charge is 0.255 e. The first-order chi connectivity index (χ1) is 17.5. The van der Waals surface area contributed by atoms with E-state index in [-0.39, 0.29) is 22.7 Å². The molecule has 0 bridgehead atoms. The molecule has 0 unspecified atom stereocenters. The fraction of sp³-hybridized carbons (Fsp3) is 0.393. The number of benzene rings is 2. The van der Waals surface area contributed by atoms with E-state index in [2.05, 4.69) is 53.1 Å². The van der Waals surface area contributed by atoms with Gasteiger partial charge in [0.15, 0.2) is 5.84 Å². The number of hydrogen-bond acceptors (Lipinski definition) is 6. The Morgan fingerprint density at radius 1 is 1.14 bits per heavy atom. The summed E-state index contributed by atoms with van der Waals surface area (Å²) < 4.78 is 19.9. The Labute approximate surface area is 217 Å². The van der Waals surface area contributed by atoms with Crippen LogP contribution in [-0.2, 0) is 0 Å². The Morgan fingerprint density at radius 3 is 2.57 bits per heavy atom. The van der Waals surface area contributed by atoms with Gasteiger partial charge in [0.25, 0.3) is 5.91 Å². The van der Waals surface area contributed by atoms with Crippen molar-refractivity contribution >= 4 is 23.1 Å². The Bertz CT molecular complexity index is 1300. The first-order valence-corrected chi connectivity index (χ1v) is 12.4. The minimum Gasteiger partial charge on any atom is -0.381 e. The second-order valence-electron chi connectivity index (χ2n) is 10.8. The summed E-state index contributed by atoms with van der Waals surface area (Å²) >= 11 is 0. The second-order valence-corrected chi connectivity index (χ2v) is 10.8. The molecule has 8 nitrogen and oxygen atoms in total. The summed E-state index contributed by atoms with van der Waals surface area (Å²) in [6.45, 7) is 12.1. The minimum atomic E-state index is -0.438. The number of anilines is 2. The Balaban J connectivity index is 1.52. The number of piperazine rings is 1. The van der Waals surface area contributed by atoms with E-state index in [9.17, 15) is 9.18 Å². The van der Waals surface area contributed by atoms with Gasteiger partial charge in [-0.1, -0.05) is 32.0 Å². The van der Waals surface area contributed by atoms with E-state index in [4.69, 9.17) is 10.3 Å². The van der Waals surface area contributed by atoms with Crippen LogP contribution in [0.15, 0.2) is 52.0 Å². The highest BCUT2D eigenvalue weighted by atomic mass is 19.1. The predicted molar refractivity (Wildman–Crippen MR) is 146 cm³/mol. The van der Waals surface area contributed by atoms with E-state index in [0.29, 0.717) is 29.4 Å². The quantitative estimate of drug-likeness (QED) is 0.376. The van der Waals surface area contributed by atoms with Crippen LogP contribution in [0.2, 0.25) is 0 Å². The monoisotopic (exact) mass is 506 g/mol. The molecule has 1 saturated heterocycles. The molecule has 0 atom stereocenters. The summed E-state index contributed by atoms with van der Waals surface area (Å²) in [6.07, 6.45) is 0. The fourth-order valence-electron chi connectivity index (χ4n) is 4.05. The van der Waals surface area contributed by atoms with Crippen molar-refractivity contribution < 1.29 is 13.7 Å². The molecule has 1 amide bonds. The third-order valence-corrected chi connectivity index (χ3v) is 6.27. The molecule has 37 heavy (non-hydrogen) atoms. The van der Waals surface area contributed by atoms with Crippen molar-refractivity contribution in [2.45, 2.75) is 27.7 Å². The average molecular weight is 507 g/mol. The highest BCUT2D eigenvalue weighted by molar-refractivity contribution is 6.05. The van der Waals surface area contributed by atoms with E-state index in [1.54, 1.807) is 18.2 Å². The predicted octanol–water partition coefficient (Wildman–Crippen LogP) is 4.54. The van der Waals surface area contributed by atoms with Crippen LogP contribution in [0.3, 0.4) is 0 Å². The van der Waals surface area contributed by atoms with Crippen LogP contribution < -0.4 is 16.0 Å². The molecule has 2 aromatic carbocycles. The maximum Gasteiger partial charge on any atom is 0.255 e. The molecular weight excluding hydrogens is 471 g/mol. The van der Waals surface area contributed by atoms with Gasteiger partial charge in [-0.2, -0.15) is 0 Å². The largest absolute Gasteiger partial charge is 0.381 e. The van der Waals surface area contributed by atoms with Crippen LogP contribution in [0.4, 0.5) is 15.8 Å². The van der Waals surface area contributed by atoms with Gasteiger partial charge in [-0.05, 0) is 55.3 Å². The number of amidine groups is 1. The molecule has 0 aliphatic carbocycles. The van der Waals surface area contributed by atoms with E-state index in [1.165, 1.54) is 12.1 Å². The van der Waals surface area contributed by atoms with Gasteiger partial charge in [-0.15, -0.1) is 0 Å². The van der Waals surface area contributed by atoms with Crippen molar-refractivity contribution in [1.29, 1.82) is 0 Å². The molecule has 1 aromatic heterocycles. The van der Waals surface area contributed by atoms with Gasteiger partial charge in [-0.3, -0.25) is 9.79 Å². The summed E-state index contributed by atoms with van der Waals surface area (Å²) in [4.78, 5) is 21.8. The number of likely N-dealkylation sites (N-methyl/N-ethyl adjacent to an activating group) is 1. The topological polar surface area (TPSA) is 100.0 Å². The highest BCUT2D eigenvalue weighted by Gasteiger charge is 2.18. The van der Waals surface area contributed by atoms with Gasteiger partial charge in [0.1, 0.15) is 11.5 Å². The minimum absolute atomic E-state index is 0.00350. The second kappa shape index (κ2) is 10.7. The number of halogens is 1. The molecular formula is C28H35FN6O2. The lowest BCUT2D eigenvalue weighted by molar-refractivity contribution is 0.102. The number of aryl methyl sites for hydroxylation is 1. The zero-order valence-corrected chi connectivity index (χ0v) is 22.1. The Hall–Kier alpha value is -3.72. The Kier molecular flexibility index (Phi) is 7.63. The molecule has 1 aliphatic heterocycles. The van der Waals surface area contributed by atoms with Crippen LogP contribution in [-0.4, -0.2) is 61.6 Å². The van der Waals surface area contributed by atoms with Gasteiger partial charge in [0.2, 0.25) is 5.76 Å². The summed E-state index contributed by atoms with van der Waals surface area (Å²) in [5.41, 5.74) is 9.97. The van der Waals surface area contributed by atoms with Gasteiger partial charge in [0, 0.05) is 61.3 Å². The number of amides is 1. The molecule has 0 radical (unpaired) electrons. The number of aliphatic imine (C=N–C) groups is 1. The maximum atomic E-state index is 14.4. The van der Waals surface area contributed by atoms with Crippen molar-refractivity contribution in [3.05, 3.63) is 65.2 Å². The average Bonchev–Trinajstić information content (AvgIpc) is 3.33. The molecule has 196 valence electrons. The zero-order valence-electron chi connectivity index (χ0n) is 22.1. The Morgan fingerprint density at radius 2 is 1.86 bits per heavy atom. The highest BCUT2D eigenvalue weighted by Crippen LogP contribution is 2.27. The van der Waals surface area contributed by atoms with Crippen LogP contribution in [0.5, 0.6) is 0 Å². The molecule has 3 aromatic rings. The molecule has 1 fully saturated rings. The van der Waals surface area contributed by atoms with Gasteiger partial charge < -0.3 is 25.4 Å². The first-order valence-electron chi connectivity index (χ1n) is 12.4. The molecule has 3 N–H and O–H groups in total. The molecule has 9 heteroatoms. The van der Waals surface area contributed by atoms with Crippen LogP contribution >= 0.6 is 0 Å². The SMILES string of the molecule is Cc1ccc(NC(=O)c2cc(F)cc(N3CCN(C)CC3)c2)cc1-c1cc(C(N)=NCC(C)(C)C)on1. The third-order valence-electron chi connectivity index (χ3n) is 6.27. The van der Waals surface area contributed by atoms with Crippen LogP contribution in [0, 0.1) is 18.2 Å². The molecule has 4 rings (SSSR count). The number of aromatic nitrogens is 1. The van der Waals surface area contributed by atoms with Crippen molar-refractivity contribution in [2.24, 2.45) is 16.1 Å². The zero-order chi connectivity index (χ0) is 26.7. The summed E-state index contributed by atoms with van der Waals surface area (Å²) in [5.74, 6) is -0.140. The number of carbonyl (C=O) groups is 1. The summed E-state index contributed by atoms with van der Waals surface area (Å²) in [6, 6.07) is 11.7. The number of nitrogens with two attached hydrogens (primary N) is 1. The van der Waals surface area contributed by atoms with Crippen LogP contribution in [0.1, 0.15) is 42.5 Å². The molecule has 1 aliphatic rings. The molecule has 0 saturated carbocycles. The summed E-state index contributed by atoms with van der Waals surface area (Å²) in [5, 5.41) is 7.05. The van der Waals surface area contributed by atoms with Gasteiger partial charge >= 0.3 is 0 Å². The standard InChI is InChI=1S/C28H35FN6O2/c1-18-6-7-21(15-23(18)24-16-25(37-33-24)26(30)31-17-28(2,3)4)32-27(36)19-12-20(29)14-22(13-19)35-10-8-34(5)9-11-35/h6-7,12-16H,8-11,17H2,1-5H3,(H2,30,31)(H,32,36). The third kappa shape index (κ3) is 6.74. The lowest BCUT2D eigenvalue weighted by atomic mass is 9.97. The van der Waals surface area contributed by atoms with Crippen molar-refractivity contribution in [3.8, 4) is 11.3 Å². The van der Waals surface area contributed by atoms with E-state index >= 15 is 0 Å². The lowest BCUT2D eigenvalue weighted by Crippen LogP contribution is -2.44. The first kappa shape index (κ1) is 26.3.